The molecule has 0 radical (unpaired) electrons. The monoisotopic (exact) mass is 999 g/mol. The topological polar surface area (TPSA) is 152 Å². The van der Waals surface area contributed by atoms with E-state index in [2.05, 4.69) is 55.5 Å². The number of rotatable bonds is 9. The Kier molecular flexibility index (Phi) is 14.6. The van der Waals surface area contributed by atoms with E-state index in [4.69, 9.17) is 14.5 Å². The highest BCUT2D eigenvalue weighted by Crippen LogP contribution is 2.39. The standard InChI is InChI=1S/C30H31F2N7O2.C23H26F2N6O/c1-19-3-4-21(16-34-19)30(40)39-7-5-38(6-8-39)29-20(2)28(27-25(32)13-22(31)14-26(27)36-29)35-23-15-24(18-33-17-23)37-9-11-41-12-10-37;1-15-22(28-17-12-18(14-27-13-17)30-6-8-32-9-7-30)21-19(25)10-16(24)11-20(21)29-23(15)31-4-2-26-3-5-31/h3-4,13-18H,5-12H2,1-2H3,(H,35,36);10-14,26H,2-9H2,1H3,(H,28,29). The minimum atomic E-state index is -0.693. The van der Waals surface area contributed by atoms with Crippen molar-refractivity contribution < 1.29 is 31.8 Å². The van der Waals surface area contributed by atoms with Gasteiger partial charge in [-0.1, -0.05) is 0 Å². The molecule has 4 fully saturated rings. The van der Waals surface area contributed by atoms with Crippen molar-refractivity contribution in [3.05, 3.63) is 125 Å². The summed E-state index contributed by atoms with van der Waals surface area (Å²) < 4.78 is 69.5. The van der Waals surface area contributed by atoms with Crippen molar-refractivity contribution in [2.24, 2.45) is 0 Å². The summed E-state index contributed by atoms with van der Waals surface area (Å²) in [5, 5.41) is 10.6. The van der Waals surface area contributed by atoms with Crippen LogP contribution in [0.4, 0.5) is 63.3 Å². The molecule has 1 amide bonds. The van der Waals surface area contributed by atoms with Crippen LogP contribution in [0.1, 0.15) is 27.2 Å². The first-order chi connectivity index (χ1) is 35.5. The molecule has 5 aromatic heterocycles. The number of hydrogen-bond donors (Lipinski definition) is 3. The molecule has 0 unspecified atom stereocenters. The predicted octanol–water partition coefficient (Wildman–Crippen LogP) is 7.67. The number of fused-ring (bicyclic) bond motifs is 2. The number of anilines is 8. The number of piperazine rings is 2. The second kappa shape index (κ2) is 21.7. The molecule has 0 atom stereocenters. The molecule has 11 rings (SSSR count). The van der Waals surface area contributed by atoms with Gasteiger partial charge in [0.2, 0.25) is 0 Å². The van der Waals surface area contributed by atoms with E-state index in [1.54, 1.807) is 35.8 Å². The lowest BCUT2D eigenvalue weighted by molar-refractivity contribution is 0.0746. The van der Waals surface area contributed by atoms with Gasteiger partial charge in [0.25, 0.3) is 5.91 Å². The van der Waals surface area contributed by atoms with Crippen molar-refractivity contribution in [3.8, 4) is 0 Å². The third kappa shape index (κ3) is 10.9. The van der Waals surface area contributed by atoms with Gasteiger partial charge in [-0.05, 0) is 45.0 Å². The summed E-state index contributed by atoms with van der Waals surface area (Å²) in [5.74, 6) is -1.37. The second-order valence-corrected chi connectivity index (χ2v) is 18.5. The molecule has 0 saturated carbocycles. The number of aromatic nitrogens is 5. The van der Waals surface area contributed by atoms with Crippen LogP contribution in [-0.2, 0) is 9.47 Å². The predicted molar refractivity (Wildman–Crippen MR) is 276 cm³/mol. The van der Waals surface area contributed by atoms with Crippen molar-refractivity contribution in [1.29, 1.82) is 0 Å². The molecule has 73 heavy (non-hydrogen) atoms. The fourth-order valence-corrected chi connectivity index (χ4v) is 9.76. The summed E-state index contributed by atoms with van der Waals surface area (Å²) in [6.07, 6.45) is 8.60. The average Bonchev–Trinajstić information content (AvgIpc) is 3.41. The fourth-order valence-electron chi connectivity index (χ4n) is 9.76. The minimum absolute atomic E-state index is 0.0699. The van der Waals surface area contributed by atoms with Crippen molar-refractivity contribution in [3.63, 3.8) is 0 Å². The van der Waals surface area contributed by atoms with E-state index in [1.165, 1.54) is 12.1 Å². The zero-order valence-electron chi connectivity index (χ0n) is 41.0. The maximum Gasteiger partial charge on any atom is 0.255 e. The Hall–Kier alpha value is -7.42. The van der Waals surface area contributed by atoms with Crippen molar-refractivity contribution in [2.45, 2.75) is 20.8 Å². The number of carbonyl (C=O) groups is 1. The van der Waals surface area contributed by atoms with Crippen molar-refractivity contribution in [1.82, 2.24) is 35.1 Å². The van der Waals surface area contributed by atoms with Crippen molar-refractivity contribution >= 4 is 73.5 Å². The Bertz CT molecular complexity index is 3120. The summed E-state index contributed by atoms with van der Waals surface area (Å²) in [7, 11) is 0. The Morgan fingerprint density at radius 3 is 1.51 bits per heavy atom. The Morgan fingerprint density at radius 1 is 0.562 bits per heavy atom. The fraction of sp³-hybridized carbons (Fsp3) is 0.358. The minimum Gasteiger partial charge on any atom is -0.378 e. The first-order valence-electron chi connectivity index (χ1n) is 24.6. The third-order valence-corrected chi connectivity index (χ3v) is 13.6. The molecular formula is C53H57F4N13O3. The molecule has 16 nitrogen and oxygen atoms in total. The molecule has 2 aromatic carbocycles. The summed E-state index contributed by atoms with van der Waals surface area (Å²) in [6, 6.07) is 11.9. The van der Waals surface area contributed by atoms with Gasteiger partial charge in [-0.15, -0.1) is 0 Å². The highest BCUT2D eigenvalue weighted by Gasteiger charge is 2.28. The van der Waals surface area contributed by atoms with E-state index in [-0.39, 0.29) is 22.2 Å². The van der Waals surface area contributed by atoms with Gasteiger partial charge in [0.15, 0.2) is 0 Å². The number of benzene rings is 2. The number of carbonyl (C=O) groups excluding carboxylic acids is 1. The van der Waals surface area contributed by atoms with Gasteiger partial charge in [0.05, 0.1) is 113 Å². The molecule has 3 N–H and O–H groups in total. The molecule has 380 valence electrons. The molecule has 0 bridgehead atoms. The van der Waals surface area contributed by atoms with E-state index in [0.717, 1.165) is 104 Å². The number of hydrogen-bond acceptors (Lipinski definition) is 15. The van der Waals surface area contributed by atoms with Crippen LogP contribution in [0.3, 0.4) is 0 Å². The highest BCUT2D eigenvalue weighted by atomic mass is 19.1. The number of aryl methyl sites for hydroxylation is 1. The number of ether oxygens (including phenoxy) is 2. The van der Waals surface area contributed by atoms with Crippen LogP contribution in [0.15, 0.2) is 79.5 Å². The van der Waals surface area contributed by atoms with Crippen LogP contribution in [0.2, 0.25) is 0 Å². The van der Waals surface area contributed by atoms with Gasteiger partial charge in [0.1, 0.15) is 34.9 Å². The lowest BCUT2D eigenvalue weighted by atomic mass is 10.1. The molecule has 4 aliphatic rings. The van der Waals surface area contributed by atoms with Gasteiger partial charge >= 0.3 is 0 Å². The summed E-state index contributed by atoms with van der Waals surface area (Å²) in [6.45, 7) is 16.7. The number of amides is 1. The molecule has 0 spiro atoms. The summed E-state index contributed by atoms with van der Waals surface area (Å²) in [4.78, 5) is 45.8. The number of halogens is 4. The van der Waals surface area contributed by atoms with Crippen LogP contribution >= 0.6 is 0 Å². The number of pyridine rings is 5. The van der Waals surface area contributed by atoms with Crippen LogP contribution in [0.5, 0.6) is 0 Å². The van der Waals surface area contributed by atoms with Gasteiger partial charge in [-0.2, -0.15) is 0 Å². The smallest absolute Gasteiger partial charge is 0.255 e. The number of nitrogens with zero attached hydrogens (tertiary/aromatic N) is 10. The zero-order chi connectivity index (χ0) is 50.6. The maximum absolute atomic E-state index is 15.2. The van der Waals surface area contributed by atoms with Gasteiger partial charge in [-0.25, -0.2) is 27.5 Å². The lowest BCUT2D eigenvalue weighted by Crippen LogP contribution is -2.49. The van der Waals surface area contributed by atoms with E-state index >= 15 is 4.39 Å². The molecule has 0 aliphatic carbocycles. The molecule has 4 saturated heterocycles. The van der Waals surface area contributed by atoms with E-state index in [1.807, 2.05) is 45.2 Å². The van der Waals surface area contributed by atoms with Gasteiger partial charge < -0.3 is 49.9 Å². The average molecular weight is 1000 g/mol. The summed E-state index contributed by atoms with van der Waals surface area (Å²) >= 11 is 0. The van der Waals surface area contributed by atoms with E-state index < -0.39 is 23.3 Å². The SMILES string of the molecule is Cc1c(N2CCNCC2)nc2cc(F)cc(F)c2c1Nc1cncc(N2CCOCC2)c1.Cc1ccc(C(=O)N2CCN(c3nc4cc(F)cc(F)c4c(Nc4cncc(N5CCOCC5)c4)c3C)CC2)cn1. The first kappa shape index (κ1) is 49.2. The first-order valence-corrected chi connectivity index (χ1v) is 24.6. The molecule has 20 heteroatoms. The molecule has 9 heterocycles. The van der Waals surface area contributed by atoms with E-state index in [9.17, 15) is 18.0 Å². The Labute approximate surface area is 420 Å². The molecule has 4 aliphatic heterocycles. The highest BCUT2D eigenvalue weighted by molar-refractivity contribution is 5.99. The largest absolute Gasteiger partial charge is 0.378 e. The normalized spacial score (nSPS) is 16.4. The third-order valence-electron chi connectivity index (χ3n) is 13.6. The Morgan fingerprint density at radius 2 is 1.04 bits per heavy atom. The zero-order valence-corrected chi connectivity index (χ0v) is 41.0. The van der Waals surface area contributed by atoms with E-state index in [0.29, 0.717) is 86.6 Å². The van der Waals surface area contributed by atoms with Crippen molar-refractivity contribution in [2.75, 3.05) is 135 Å². The van der Waals surface area contributed by atoms with Crippen LogP contribution in [0.25, 0.3) is 21.8 Å². The van der Waals surface area contributed by atoms with Gasteiger partial charge in [-0.3, -0.25) is 19.7 Å². The van der Waals surface area contributed by atoms with Gasteiger partial charge in [0, 0.05) is 126 Å². The van der Waals surface area contributed by atoms with Crippen LogP contribution in [-0.4, -0.2) is 141 Å². The summed E-state index contributed by atoms with van der Waals surface area (Å²) in [5.41, 5.74) is 7.88. The second-order valence-electron chi connectivity index (χ2n) is 18.5. The lowest BCUT2D eigenvalue weighted by Gasteiger charge is -2.36. The Balaban J connectivity index is 0.000000173. The number of nitrogens with one attached hydrogen (secondary N) is 3. The molecular weight excluding hydrogens is 943 g/mol. The van der Waals surface area contributed by atoms with Crippen LogP contribution < -0.4 is 35.6 Å². The van der Waals surface area contributed by atoms with Crippen LogP contribution in [0, 0.1) is 44.0 Å². The quantitative estimate of drug-likeness (QED) is 0.121. The molecule has 7 aromatic rings. The number of morpholine rings is 2. The maximum atomic E-state index is 15.2.